The molecule has 154 valence electrons. The molecule has 0 spiro atoms. The average molecular weight is 422 g/mol. The van der Waals surface area contributed by atoms with E-state index in [0.29, 0.717) is 11.4 Å². The molecule has 4 rings (SSSR count). The lowest BCUT2D eigenvalue weighted by atomic mass is 10.1. The van der Waals surface area contributed by atoms with Crippen LogP contribution in [0.5, 0.6) is 5.75 Å². The molecular formula is C23H23N3O3S. The molecule has 1 N–H and O–H groups in total. The summed E-state index contributed by atoms with van der Waals surface area (Å²) in [5, 5.41) is 6.00. The van der Waals surface area contributed by atoms with E-state index in [0.717, 1.165) is 40.4 Å². The Morgan fingerprint density at radius 3 is 2.90 bits per heavy atom. The van der Waals surface area contributed by atoms with Gasteiger partial charge in [0.25, 0.3) is 5.91 Å². The van der Waals surface area contributed by atoms with Gasteiger partial charge in [-0.1, -0.05) is 25.1 Å². The first-order valence-electron chi connectivity index (χ1n) is 9.92. The van der Waals surface area contributed by atoms with E-state index < -0.39 is 0 Å². The summed E-state index contributed by atoms with van der Waals surface area (Å²) in [5.74, 6) is 0.0883. The molecule has 3 aromatic rings. The van der Waals surface area contributed by atoms with Crippen molar-refractivity contribution < 1.29 is 14.3 Å². The van der Waals surface area contributed by atoms with Crippen molar-refractivity contribution >= 4 is 34.5 Å². The Labute approximate surface area is 179 Å². The molecule has 0 atom stereocenters. The molecule has 0 saturated carbocycles. The van der Waals surface area contributed by atoms with Crippen molar-refractivity contribution in [3.05, 3.63) is 58.4 Å². The molecule has 0 unspecified atom stereocenters. The van der Waals surface area contributed by atoms with Crippen molar-refractivity contribution in [2.45, 2.75) is 26.7 Å². The maximum Gasteiger partial charge on any atom is 0.265 e. The maximum absolute atomic E-state index is 12.7. The number of nitrogens with zero attached hydrogens (tertiary/aromatic N) is 2. The number of thiazole rings is 1. The predicted molar refractivity (Wildman–Crippen MR) is 119 cm³/mol. The Balaban J connectivity index is 1.58. The summed E-state index contributed by atoms with van der Waals surface area (Å²) in [7, 11) is 0. The molecule has 1 aliphatic rings. The molecule has 0 saturated heterocycles. The van der Waals surface area contributed by atoms with Gasteiger partial charge in [0.15, 0.2) is 6.61 Å². The summed E-state index contributed by atoms with van der Waals surface area (Å²) in [6, 6.07) is 13.2. The first kappa shape index (κ1) is 20.1. The van der Waals surface area contributed by atoms with Crippen LogP contribution in [0, 0.1) is 6.92 Å². The zero-order valence-electron chi connectivity index (χ0n) is 17.0. The highest BCUT2D eigenvalue weighted by Gasteiger charge is 2.28. The number of carbonyl (C=O) groups excluding carboxylic acids is 2. The minimum atomic E-state index is -0.255. The van der Waals surface area contributed by atoms with Crippen molar-refractivity contribution in [3.8, 4) is 17.0 Å². The van der Waals surface area contributed by atoms with Crippen LogP contribution in [0.25, 0.3) is 11.3 Å². The number of benzene rings is 2. The van der Waals surface area contributed by atoms with Crippen LogP contribution < -0.4 is 15.0 Å². The quantitative estimate of drug-likeness (QED) is 0.639. The molecule has 0 bridgehead atoms. The zero-order valence-corrected chi connectivity index (χ0v) is 17.8. The van der Waals surface area contributed by atoms with Crippen molar-refractivity contribution in [2.24, 2.45) is 0 Å². The molecule has 1 aliphatic heterocycles. The SMILES string of the molecule is CCCc1nc(-c2ccc3c(c2)N(CC(=O)Nc2ccccc2C)C(=O)CO3)cs1. The highest BCUT2D eigenvalue weighted by atomic mass is 32.1. The lowest BCUT2D eigenvalue weighted by molar-refractivity contribution is -0.123. The van der Waals surface area contributed by atoms with Crippen LogP contribution in [0.2, 0.25) is 0 Å². The van der Waals surface area contributed by atoms with E-state index in [1.54, 1.807) is 11.3 Å². The number of fused-ring (bicyclic) bond motifs is 1. The van der Waals surface area contributed by atoms with E-state index in [1.165, 1.54) is 4.90 Å². The Kier molecular flexibility index (Phi) is 5.81. The highest BCUT2D eigenvalue weighted by molar-refractivity contribution is 7.09. The van der Waals surface area contributed by atoms with Gasteiger partial charge in [-0.3, -0.25) is 14.5 Å². The van der Waals surface area contributed by atoms with Gasteiger partial charge < -0.3 is 10.1 Å². The third-order valence-electron chi connectivity index (χ3n) is 4.93. The fourth-order valence-electron chi connectivity index (χ4n) is 3.35. The van der Waals surface area contributed by atoms with Crippen molar-refractivity contribution in [1.82, 2.24) is 4.98 Å². The van der Waals surface area contributed by atoms with E-state index >= 15 is 0 Å². The van der Waals surface area contributed by atoms with Gasteiger partial charge in [0.2, 0.25) is 5.91 Å². The number of aryl methyl sites for hydroxylation is 2. The molecule has 30 heavy (non-hydrogen) atoms. The Morgan fingerprint density at radius 1 is 1.27 bits per heavy atom. The number of aromatic nitrogens is 1. The second-order valence-corrected chi connectivity index (χ2v) is 8.13. The summed E-state index contributed by atoms with van der Waals surface area (Å²) in [5.41, 5.74) is 4.06. The molecule has 0 radical (unpaired) electrons. The van der Waals surface area contributed by atoms with Gasteiger partial charge >= 0.3 is 0 Å². The van der Waals surface area contributed by atoms with E-state index in [9.17, 15) is 9.59 Å². The number of nitrogens with one attached hydrogen (secondary N) is 1. The molecule has 2 heterocycles. The van der Waals surface area contributed by atoms with Crippen LogP contribution in [0.15, 0.2) is 47.8 Å². The van der Waals surface area contributed by atoms with E-state index in [1.807, 2.05) is 54.8 Å². The van der Waals surface area contributed by atoms with Gasteiger partial charge in [-0.2, -0.15) is 0 Å². The lowest BCUT2D eigenvalue weighted by Crippen LogP contribution is -2.43. The van der Waals surface area contributed by atoms with Crippen LogP contribution in [0.1, 0.15) is 23.9 Å². The van der Waals surface area contributed by atoms with E-state index in [-0.39, 0.29) is 25.0 Å². The smallest absolute Gasteiger partial charge is 0.265 e. The van der Waals surface area contributed by atoms with Gasteiger partial charge in [-0.15, -0.1) is 11.3 Å². The Bertz CT molecular complexity index is 1090. The standard InChI is InChI=1S/C23H23N3O3S/c1-3-6-22-25-18(14-30-22)16-9-10-20-19(11-16)26(23(28)13-29-20)12-21(27)24-17-8-5-4-7-15(17)2/h4-5,7-11,14H,3,6,12-13H2,1-2H3,(H,24,27). The molecule has 2 amide bonds. The number of hydrogen-bond donors (Lipinski definition) is 1. The second kappa shape index (κ2) is 8.67. The van der Waals surface area contributed by atoms with E-state index in [2.05, 4.69) is 17.2 Å². The maximum atomic E-state index is 12.7. The topological polar surface area (TPSA) is 71.5 Å². The van der Waals surface area contributed by atoms with Crippen LogP contribution in [-0.2, 0) is 16.0 Å². The summed E-state index contributed by atoms with van der Waals surface area (Å²) >= 11 is 1.63. The van der Waals surface area contributed by atoms with Gasteiger partial charge in [-0.25, -0.2) is 4.98 Å². The van der Waals surface area contributed by atoms with Crippen molar-refractivity contribution in [1.29, 1.82) is 0 Å². The highest BCUT2D eigenvalue weighted by Crippen LogP contribution is 2.36. The van der Waals surface area contributed by atoms with Gasteiger partial charge in [0, 0.05) is 16.6 Å². The largest absolute Gasteiger partial charge is 0.482 e. The number of amides is 2. The summed E-state index contributed by atoms with van der Waals surface area (Å²) in [6.07, 6.45) is 1.99. The minimum absolute atomic E-state index is 0.0782. The van der Waals surface area contributed by atoms with Crippen LogP contribution in [0.3, 0.4) is 0 Å². The van der Waals surface area contributed by atoms with Gasteiger partial charge in [-0.05, 0) is 49.6 Å². The second-order valence-electron chi connectivity index (χ2n) is 7.19. The van der Waals surface area contributed by atoms with Crippen molar-refractivity contribution in [3.63, 3.8) is 0 Å². The first-order chi connectivity index (χ1) is 14.5. The van der Waals surface area contributed by atoms with Crippen LogP contribution in [0.4, 0.5) is 11.4 Å². The minimum Gasteiger partial charge on any atom is -0.482 e. The molecule has 1 aromatic heterocycles. The lowest BCUT2D eigenvalue weighted by Gasteiger charge is -2.29. The summed E-state index contributed by atoms with van der Waals surface area (Å²) in [6.45, 7) is 3.90. The fraction of sp³-hybridized carbons (Fsp3) is 0.261. The van der Waals surface area contributed by atoms with E-state index in [4.69, 9.17) is 4.74 Å². The zero-order chi connectivity index (χ0) is 21.1. The number of carbonyl (C=O) groups is 2. The normalized spacial score (nSPS) is 13.0. The van der Waals surface area contributed by atoms with Crippen LogP contribution in [-0.4, -0.2) is 29.9 Å². The molecule has 7 heteroatoms. The third-order valence-corrected chi connectivity index (χ3v) is 5.84. The number of para-hydroxylation sites is 1. The third kappa shape index (κ3) is 4.21. The Morgan fingerprint density at radius 2 is 2.10 bits per heavy atom. The molecule has 0 fully saturated rings. The predicted octanol–water partition coefficient (Wildman–Crippen LogP) is 4.44. The Hall–Kier alpha value is -3.19. The average Bonchev–Trinajstić information content (AvgIpc) is 3.20. The van der Waals surface area contributed by atoms with Gasteiger partial charge in [0.05, 0.1) is 16.4 Å². The van der Waals surface area contributed by atoms with Gasteiger partial charge in [0.1, 0.15) is 12.3 Å². The number of hydrogen-bond acceptors (Lipinski definition) is 5. The number of anilines is 2. The number of ether oxygens (including phenoxy) is 1. The summed E-state index contributed by atoms with van der Waals surface area (Å²) < 4.78 is 5.58. The molecule has 0 aliphatic carbocycles. The summed E-state index contributed by atoms with van der Waals surface area (Å²) in [4.78, 5) is 31.4. The molecule has 6 nitrogen and oxygen atoms in total. The monoisotopic (exact) mass is 421 g/mol. The fourth-order valence-corrected chi connectivity index (χ4v) is 4.26. The van der Waals surface area contributed by atoms with Crippen LogP contribution >= 0.6 is 11.3 Å². The first-order valence-corrected chi connectivity index (χ1v) is 10.8. The molecule has 2 aromatic carbocycles. The van der Waals surface area contributed by atoms with Crippen molar-refractivity contribution in [2.75, 3.05) is 23.4 Å². The molecular weight excluding hydrogens is 398 g/mol. The number of rotatable bonds is 6.